The molecule has 38 heavy (non-hydrogen) atoms. The van der Waals surface area contributed by atoms with E-state index >= 15 is 0 Å². The summed E-state index contributed by atoms with van der Waals surface area (Å²) in [6.45, 7) is 5.20. The Morgan fingerprint density at radius 3 is 2.47 bits per heavy atom. The van der Waals surface area contributed by atoms with Gasteiger partial charge in [0.05, 0.1) is 25.3 Å². The van der Waals surface area contributed by atoms with E-state index in [4.69, 9.17) is 4.74 Å². The average molecular weight is 519 g/mol. The van der Waals surface area contributed by atoms with Crippen LogP contribution in [0.4, 0.5) is 16.2 Å². The third-order valence-corrected chi connectivity index (χ3v) is 6.13. The molecule has 2 aromatic carbocycles. The van der Waals surface area contributed by atoms with E-state index in [1.807, 2.05) is 62.4 Å². The molecule has 2 aromatic rings. The van der Waals surface area contributed by atoms with Gasteiger partial charge in [-0.25, -0.2) is 4.79 Å². The van der Waals surface area contributed by atoms with Gasteiger partial charge in [-0.1, -0.05) is 43.3 Å². The van der Waals surface area contributed by atoms with Gasteiger partial charge in [-0.15, -0.1) is 0 Å². The molecular formula is C29H34N4O5. The summed E-state index contributed by atoms with van der Waals surface area (Å²) in [5.41, 5.74) is 4.54. The van der Waals surface area contributed by atoms with Crippen molar-refractivity contribution in [2.75, 3.05) is 17.7 Å². The minimum atomic E-state index is -0.888. The van der Waals surface area contributed by atoms with E-state index in [-0.39, 0.29) is 18.2 Å². The molecule has 1 aliphatic heterocycles. The number of hydrogen-bond donors (Lipinski definition) is 5. The molecule has 9 heteroatoms. The van der Waals surface area contributed by atoms with E-state index < -0.39 is 18.0 Å². The predicted molar refractivity (Wildman–Crippen MR) is 148 cm³/mol. The summed E-state index contributed by atoms with van der Waals surface area (Å²) in [6, 6.07) is 12.0. The number of ether oxygens (including phenoxy) is 1. The number of carbonyl (C=O) groups excluding carboxylic acids is 2. The highest BCUT2D eigenvalue weighted by atomic mass is 16.5. The van der Waals surface area contributed by atoms with Crippen molar-refractivity contribution < 1.29 is 24.2 Å². The fraction of sp³-hybridized carbons (Fsp3) is 0.276. The highest BCUT2D eigenvalue weighted by Crippen LogP contribution is 2.33. The van der Waals surface area contributed by atoms with E-state index in [1.54, 1.807) is 18.3 Å². The van der Waals surface area contributed by atoms with Gasteiger partial charge >= 0.3 is 12.0 Å². The van der Waals surface area contributed by atoms with Crippen LogP contribution in [0.1, 0.15) is 43.9 Å². The Balaban J connectivity index is 1.87. The highest BCUT2D eigenvalue weighted by molar-refractivity contribution is 6.01. The number of aliphatic carboxylic acids is 1. The molecular weight excluding hydrogens is 484 g/mol. The molecule has 2 atom stereocenters. The second kappa shape index (κ2) is 13.1. The van der Waals surface area contributed by atoms with E-state index in [1.165, 1.54) is 14.0 Å². The first-order valence-electron chi connectivity index (χ1n) is 12.3. The summed E-state index contributed by atoms with van der Waals surface area (Å²) in [6.07, 6.45) is 7.76. The molecule has 0 saturated carbocycles. The lowest BCUT2D eigenvalue weighted by Gasteiger charge is -2.24. The lowest BCUT2D eigenvalue weighted by atomic mass is 9.92. The van der Waals surface area contributed by atoms with Crippen LogP contribution in [0, 0.1) is 12.8 Å². The molecule has 0 aromatic heterocycles. The number of carboxylic acid groups (broad SMARTS) is 1. The number of carbonyl (C=O) groups is 3. The quantitative estimate of drug-likeness (QED) is 0.292. The van der Waals surface area contributed by atoms with Gasteiger partial charge in [0, 0.05) is 30.4 Å². The lowest BCUT2D eigenvalue weighted by Crippen LogP contribution is -2.27. The number of aryl methyl sites for hydroxylation is 1. The number of hydrogen-bond acceptors (Lipinski definition) is 5. The van der Waals surface area contributed by atoms with Crippen molar-refractivity contribution in [3.8, 4) is 5.75 Å². The molecule has 0 spiro atoms. The summed E-state index contributed by atoms with van der Waals surface area (Å²) in [7, 11) is 1.51. The summed E-state index contributed by atoms with van der Waals surface area (Å²) in [5, 5.41) is 21.1. The summed E-state index contributed by atoms with van der Waals surface area (Å²) in [5.74, 6) is -0.928. The van der Waals surface area contributed by atoms with Crippen LogP contribution in [0.3, 0.4) is 0 Å². The zero-order valence-corrected chi connectivity index (χ0v) is 22.0. The third kappa shape index (κ3) is 7.73. The number of amides is 3. The number of nitrogens with one attached hydrogen (secondary N) is 4. The molecule has 0 bridgehead atoms. The van der Waals surface area contributed by atoms with E-state index in [2.05, 4.69) is 21.3 Å². The molecule has 3 rings (SSSR count). The molecule has 2 unspecified atom stereocenters. The van der Waals surface area contributed by atoms with Crippen molar-refractivity contribution in [2.45, 2.75) is 39.7 Å². The number of methoxy groups -OCH3 is 1. The minimum absolute atomic E-state index is 0.0307. The zero-order chi connectivity index (χ0) is 27.7. The van der Waals surface area contributed by atoms with E-state index in [0.717, 1.165) is 22.4 Å². The first-order chi connectivity index (χ1) is 18.2. The molecule has 5 N–H and O–H groups in total. The summed E-state index contributed by atoms with van der Waals surface area (Å²) in [4.78, 5) is 36.1. The predicted octanol–water partition coefficient (Wildman–Crippen LogP) is 5.25. The number of allylic oxidation sites excluding steroid dienone is 4. The third-order valence-electron chi connectivity index (χ3n) is 6.13. The zero-order valence-electron chi connectivity index (χ0n) is 22.0. The topological polar surface area (TPSA) is 129 Å². The van der Waals surface area contributed by atoms with Gasteiger partial charge in [0.15, 0.2) is 0 Å². The molecule has 0 aliphatic carbocycles. The molecule has 0 saturated heterocycles. The monoisotopic (exact) mass is 518 g/mol. The lowest BCUT2D eigenvalue weighted by molar-refractivity contribution is -0.137. The van der Waals surface area contributed by atoms with Crippen LogP contribution in [-0.4, -0.2) is 30.1 Å². The Morgan fingerprint density at radius 1 is 1.05 bits per heavy atom. The van der Waals surface area contributed by atoms with Gasteiger partial charge in [0.1, 0.15) is 5.75 Å². The Morgan fingerprint density at radius 2 is 1.79 bits per heavy atom. The maximum Gasteiger partial charge on any atom is 0.323 e. The Hall–Kier alpha value is -4.53. The molecule has 1 aliphatic rings. The van der Waals surface area contributed by atoms with Crippen LogP contribution >= 0.6 is 0 Å². The molecule has 1 heterocycles. The summed E-state index contributed by atoms with van der Waals surface area (Å²) >= 11 is 0. The summed E-state index contributed by atoms with van der Waals surface area (Å²) < 4.78 is 5.56. The smallest absolute Gasteiger partial charge is 0.323 e. The van der Waals surface area contributed by atoms with Crippen LogP contribution in [0.25, 0.3) is 0 Å². The van der Waals surface area contributed by atoms with E-state index in [9.17, 15) is 19.5 Å². The maximum atomic E-state index is 12.6. The van der Waals surface area contributed by atoms with Gasteiger partial charge < -0.3 is 31.1 Å². The fourth-order valence-electron chi connectivity index (χ4n) is 4.28. The highest BCUT2D eigenvalue weighted by Gasteiger charge is 2.22. The first kappa shape index (κ1) is 28.0. The first-order valence-corrected chi connectivity index (χ1v) is 12.3. The van der Waals surface area contributed by atoms with Crippen molar-refractivity contribution in [1.82, 2.24) is 10.6 Å². The van der Waals surface area contributed by atoms with Gasteiger partial charge in [-0.2, -0.15) is 0 Å². The van der Waals surface area contributed by atoms with Gasteiger partial charge in [0.2, 0.25) is 5.91 Å². The number of benzene rings is 2. The fourth-order valence-corrected chi connectivity index (χ4v) is 4.28. The number of para-hydroxylation sites is 1. The van der Waals surface area contributed by atoms with Gasteiger partial charge in [-0.3, -0.25) is 9.59 Å². The van der Waals surface area contributed by atoms with Crippen LogP contribution in [-0.2, 0) is 9.59 Å². The Bertz CT molecular complexity index is 1280. The molecule has 0 radical (unpaired) electrons. The normalized spacial score (nSPS) is 14.1. The van der Waals surface area contributed by atoms with E-state index in [0.29, 0.717) is 23.5 Å². The average Bonchev–Trinajstić information content (AvgIpc) is 3.10. The number of urea groups is 1. The van der Waals surface area contributed by atoms with Crippen LogP contribution in [0.15, 0.2) is 78.2 Å². The molecule has 9 nitrogen and oxygen atoms in total. The number of carboxylic acids is 1. The van der Waals surface area contributed by atoms with Crippen LogP contribution in [0.5, 0.6) is 5.75 Å². The van der Waals surface area contributed by atoms with Crippen molar-refractivity contribution in [2.24, 2.45) is 5.92 Å². The van der Waals surface area contributed by atoms with Crippen LogP contribution in [0.2, 0.25) is 0 Å². The maximum absolute atomic E-state index is 12.6. The second-order valence-corrected chi connectivity index (χ2v) is 9.11. The van der Waals surface area contributed by atoms with Crippen molar-refractivity contribution in [1.29, 1.82) is 0 Å². The Labute approximate surface area is 222 Å². The van der Waals surface area contributed by atoms with Crippen molar-refractivity contribution in [3.63, 3.8) is 0 Å². The molecule has 3 amide bonds. The van der Waals surface area contributed by atoms with Crippen LogP contribution < -0.4 is 26.0 Å². The number of anilines is 2. The van der Waals surface area contributed by atoms with Gasteiger partial charge in [0.25, 0.3) is 0 Å². The largest absolute Gasteiger partial charge is 0.495 e. The van der Waals surface area contributed by atoms with Crippen molar-refractivity contribution in [3.05, 3.63) is 89.3 Å². The molecule has 0 fully saturated rings. The molecule has 200 valence electrons. The Kier molecular flexibility index (Phi) is 9.70. The SMILES string of the molecule is COc1cc(C(CC2=C(C(C)CC(=O)O)NC=CC=C2)NC(C)=O)ccc1NC(=O)Nc1ccccc1C. The second-order valence-electron chi connectivity index (χ2n) is 9.11. The minimum Gasteiger partial charge on any atom is -0.495 e. The standard InChI is InChI=1S/C29H34N4O5/c1-18-9-5-6-11-23(18)32-29(37)33-24-13-12-21(17-26(24)38-4)25(31-20(3)34)16-22-10-7-8-14-30-28(22)19(2)15-27(35)36/h5-14,17,19,25,30H,15-16H2,1-4H3,(H,31,34)(H,35,36)(H2,32,33,37). The van der Waals surface area contributed by atoms with Gasteiger partial charge in [-0.05, 0) is 54.3 Å². The number of rotatable bonds is 10. The van der Waals surface area contributed by atoms with Crippen molar-refractivity contribution >= 4 is 29.3 Å².